The van der Waals surface area contributed by atoms with Gasteiger partial charge < -0.3 is 9.47 Å². The largest absolute Gasteiger partial charge is 0.494 e. The van der Waals surface area contributed by atoms with E-state index < -0.39 is 17.8 Å². The first-order valence-electron chi connectivity index (χ1n) is 10.7. The number of ether oxygens (including phenoxy) is 2. The van der Waals surface area contributed by atoms with Gasteiger partial charge in [-0.15, -0.1) is 0 Å². The van der Waals surface area contributed by atoms with Crippen LogP contribution in [0.5, 0.6) is 11.5 Å². The van der Waals surface area contributed by atoms with Crippen LogP contribution in [0, 0.1) is 0 Å². The number of hydrogen-bond acceptors (Lipinski definition) is 5. The fourth-order valence-corrected chi connectivity index (χ4v) is 4.06. The van der Waals surface area contributed by atoms with Gasteiger partial charge in [-0.1, -0.05) is 53.5 Å². The van der Waals surface area contributed by atoms with Gasteiger partial charge in [-0.05, 0) is 60.5 Å². The summed E-state index contributed by atoms with van der Waals surface area (Å²) in [6.45, 7) is 2.59. The van der Waals surface area contributed by atoms with Gasteiger partial charge in [-0.25, -0.2) is 9.69 Å². The number of imide groups is 2. The molecule has 0 saturated carbocycles. The average Bonchev–Trinajstić information content (AvgIpc) is 2.83. The molecule has 1 saturated heterocycles. The van der Waals surface area contributed by atoms with E-state index in [1.165, 1.54) is 18.2 Å². The third-order valence-electron chi connectivity index (χ3n) is 5.07. The van der Waals surface area contributed by atoms with Crippen LogP contribution in [0.2, 0.25) is 10.0 Å². The molecule has 1 aliphatic rings. The summed E-state index contributed by atoms with van der Waals surface area (Å²) in [5, 5.41) is 2.61. The summed E-state index contributed by atoms with van der Waals surface area (Å²) in [7, 11) is 0. The monoisotopic (exact) mass is 510 g/mol. The lowest BCUT2D eigenvalue weighted by Gasteiger charge is -2.26. The van der Waals surface area contributed by atoms with E-state index >= 15 is 0 Å². The molecule has 1 fully saturated rings. The highest BCUT2D eigenvalue weighted by Gasteiger charge is 2.36. The Balaban J connectivity index is 1.59. The highest BCUT2D eigenvalue weighted by atomic mass is 35.5. The molecule has 3 aromatic carbocycles. The quantitative estimate of drug-likeness (QED) is 0.328. The van der Waals surface area contributed by atoms with Crippen LogP contribution in [0.3, 0.4) is 0 Å². The van der Waals surface area contributed by atoms with Gasteiger partial charge in [0.15, 0.2) is 5.75 Å². The van der Waals surface area contributed by atoms with Crippen molar-refractivity contribution in [3.8, 4) is 11.5 Å². The summed E-state index contributed by atoms with van der Waals surface area (Å²) < 4.78 is 11.2. The van der Waals surface area contributed by atoms with Gasteiger partial charge >= 0.3 is 6.03 Å². The molecular weight excluding hydrogens is 491 g/mol. The van der Waals surface area contributed by atoms with Crippen LogP contribution in [-0.4, -0.2) is 24.5 Å². The number of barbiturate groups is 1. The van der Waals surface area contributed by atoms with Crippen molar-refractivity contribution in [2.24, 2.45) is 0 Å². The number of carbonyl (C=O) groups excluding carboxylic acids is 3. The number of anilines is 1. The first kappa shape index (κ1) is 24.3. The first-order chi connectivity index (χ1) is 16.9. The number of halogens is 2. The fraction of sp³-hybridized carbons (Fsp3) is 0.115. The molecule has 7 nitrogen and oxygen atoms in total. The predicted molar refractivity (Wildman–Crippen MR) is 134 cm³/mol. The lowest BCUT2D eigenvalue weighted by atomic mass is 10.1. The summed E-state index contributed by atoms with van der Waals surface area (Å²) in [5.74, 6) is -0.727. The summed E-state index contributed by atoms with van der Waals surface area (Å²) in [6.07, 6.45) is 1.32. The van der Waals surface area contributed by atoms with Crippen LogP contribution in [0.4, 0.5) is 10.5 Å². The van der Waals surface area contributed by atoms with E-state index in [2.05, 4.69) is 5.32 Å². The van der Waals surface area contributed by atoms with Crippen molar-refractivity contribution >= 4 is 52.8 Å². The molecule has 0 radical (unpaired) electrons. The maximum Gasteiger partial charge on any atom is 0.335 e. The Hall–Kier alpha value is -3.81. The van der Waals surface area contributed by atoms with E-state index in [1.807, 2.05) is 37.3 Å². The number of rotatable bonds is 7. The van der Waals surface area contributed by atoms with E-state index in [1.54, 1.807) is 24.3 Å². The number of nitrogens with zero attached hydrogens (tertiary/aromatic N) is 1. The Morgan fingerprint density at radius 2 is 1.57 bits per heavy atom. The highest BCUT2D eigenvalue weighted by Crippen LogP contribution is 2.36. The van der Waals surface area contributed by atoms with Gasteiger partial charge in [0.25, 0.3) is 11.8 Å². The molecule has 3 aromatic rings. The Morgan fingerprint density at radius 3 is 2.20 bits per heavy atom. The van der Waals surface area contributed by atoms with E-state index in [4.69, 9.17) is 32.7 Å². The first-order valence-corrected chi connectivity index (χ1v) is 11.4. The van der Waals surface area contributed by atoms with Crippen LogP contribution in [0.25, 0.3) is 6.08 Å². The topological polar surface area (TPSA) is 84.9 Å². The lowest BCUT2D eigenvalue weighted by molar-refractivity contribution is -0.122. The fourth-order valence-electron chi connectivity index (χ4n) is 3.45. The molecule has 0 aliphatic carbocycles. The average molecular weight is 511 g/mol. The molecule has 0 aromatic heterocycles. The van der Waals surface area contributed by atoms with E-state index in [0.717, 1.165) is 10.5 Å². The second-order valence-corrected chi connectivity index (χ2v) is 8.29. The minimum absolute atomic E-state index is 0.211. The highest BCUT2D eigenvalue weighted by molar-refractivity contribution is 6.40. The Morgan fingerprint density at radius 1 is 0.914 bits per heavy atom. The molecule has 178 valence electrons. The van der Waals surface area contributed by atoms with Gasteiger partial charge in [0, 0.05) is 0 Å². The number of hydrogen-bond donors (Lipinski definition) is 1. The molecule has 0 atom stereocenters. The molecule has 4 amide bonds. The molecule has 1 aliphatic heterocycles. The molecular formula is C26H20Cl2N2O5. The number of carbonyl (C=O) groups is 3. The Labute approximate surface area is 211 Å². The van der Waals surface area contributed by atoms with Crippen molar-refractivity contribution in [2.75, 3.05) is 11.5 Å². The zero-order valence-corrected chi connectivity index (χ0v) is 20.1. The van der Waals surface area contributed by atoms with Crippen LogP contribution >= 0.6 is 23.2 Å². The van der Waals surface area contributed by atoms with Gasteiger partial charge in [-0.3, -0.25) is 14.9 Å². The maximum absolute atomic E-state index is 13.1. The summed E-state index contributed by atoms with van der Waals surface area (Å²) >= 11 is 12.8. The number of amides is 4. The third-order valence-corrected chi connectivity index (χ3v) is 5.63. The number of nitrogens with one attached hydrogen (secondary N) is 1. The predicted octanol–water partition coefficient (Wildman–Crippen LogP) is 5.64. The SMILES string of the molecule is CCOc1ccc(N2C(=O)NC(=O)/C(=C\c3cc(Cl)c(OCc4ccccc4)c(Cl)c3)C2=O)cc1. The van der Waals surface area contributed by atoms with Crippen LogP contribution in [-0.2, 0) is 16.2 Å². The lowest BCUT2D eigenvalue weighted by Crippen LogP contribution is -2.54. The molecule has 0 spiro atoms. The zero-order valence-electron chi connectivity index (χ0n) is 18.6. The molecule has 4 rings (SSSR count). The minimum atomic E-state index is -0.845. The number of benzene rings is 3. The van der Waals surface area contributed by atoms with Crippen LogP contribution in [0.15, 0.2) is 72.3 Å². The number of urea groups is 1. The van der Waals surface area contributed by atoms with Gasteiger partial charge in [0.1, 0.15) is 17.9 Å². The van der Waals surface area contributed by atoms with Crippen LogP contribution < -0.4 is 19.7 Å². The molecule has 0 unspecified atom stereocenters. The molecule has 9 heteroatoms. The summed E-state index contributed by atoms with van der Waals surface area (Å²) in [4.78, 5) is 38.9. The van der Waals surface area contributed by atoms with Crippen molar-refractivity contribution in [3.05, 3.63) is 93.5 Å². The second-order valence-electron chi connectivity index (χ2n) is 7.47. The summed E-state index contributed by atoms with van der Waals surface area (Å²) in [5.41, 5.74) is 1.37. The van der Waals surface area contributed by atoms with Gasteiger partial charge in [0.05, 0.1) is 22.3 Å². The Kier molecular flexibility index (Phi) is 7.39. The standard InChI is InChI=1S/C26H20Cl2N2O5/c1-2-34-19-10-8-18(9-11-19)30-25(32)20(24(31)29-26(30)33)12-17-13-21(27)23(22(28)14-17)35-15-16-6-4-3-5-7-16/h3-14H,2,15H2,1H3,(H,29,31,33)/b20-12+. The van der Waals surface area contributed by atoms with Crippen molar-refractivity contribution in [1.82, 2.24) is 5.32 Å². The zero-order chi connectivity index (χ0) is 24.9. The molecule has 0 bridgehead atoms. The van der Waals surface area contributed by atoms with Crippen molar-refractivity contribution in [1.29, 1.82) is 0 Å². The normalized spacial score (nSPS) is 14.8. The third kappa shape index (κ3) is 5.48. The smallest absolute Gasteiger partial charge is 0.335 e. The van der Waals surface area contributed by atoms with Gasteiger partial charge in [-0.2, -0.15) is 0 Å². The van der Waals surface area contributed by atoms with E-state index in [0.29, 0.717) is 17.9 Å². The molecule has 1 heterocycles. The van der Waals surface area contributed by atoms with E-state index in [-0.39, 0.29) is 33.7 Å². The van der Waals surface area contributed by atoms with Crippen molar-refractivity contribution in [3.63, 3.8) is 0 Å². The molecule has 35 heavy (non-hydrogen) atoms. The van der Waals surface area contributed by atoms with Gasteiger partial charge in [0.2, 0.25) is 0 Å². The second kappa shape index (κ2) is 10.6. The maximum atomic E-state index is 13.1. The molecule has 1 N–H and O–H groups in total. The van der Waals surface area contributed by atoms with E-state index in [9.17, 15) is 14.4 Å². The van der Waals surface area contributed by atoms with Crippen molar-refractivity contribution < 1.29 is 23.9 Å². The summed E-state index contributed by atoms with van der Waals surface area (Å²) in [6, 6.07) is 18.1. The minimum Gasteiger partial charge on any atom is -0.494 e. The van der Waals surface area contributed by atoms with Crippen LogP contribution in [0.1, 0.15) is 18.1 Å². The van der Waals surface area contributed by atoms with Crippen molar-refractivity contribution in [2.45, 2.75) is 13.5 Å². The Bertz CT molecular complexity index is 1280.